The van der Waals surface area contributed by atoms with Crippen molar-refractivity contribution in [1.29, 1.82) is 0 Å². The highest BCUT2D eigenvalue weighted by Crippen LogP contribution is 2.37. The van der Waals surface area contributed by atoms with Crippen LogP contribution in [-0.2, 0) is 11.0 Å². The van der Waals surface area contributed by atoms with Crippen LogP contribution in [0, 0.1) is 0 Å². The maximum absolute atomic E-state index is 13.1. The van der Waals surface area contributed by atoms with E-state index in [9.17, 15) is 22.8 Å². The third-order valence-corrected chi connectivity index (χ3v) is 5.43. The second kappa shape index (κ2) is 10.4. The van der Waals surface area contributed by atoms with Crippen LogP contribution in [0.3, 0.4) is 0 Å². The Morgan fingerprint density at radius 1 is 1.12 bits per heavy atom. The van der Waals surface area contributed by atoms with E-state index >= 15 is 0 Å². The Bertz CT molecular complexity index is 1050. The van der Waals surface area contributed by atoms with Crippen molar-refractivity contribution in [3.05, 3.63) is 70.3 Å². The molecule has 1 fully saturated rings. The fourth-order valence-electron chi connectivity index (χ4n) is 3.17. The first-order valence-corrected chi connectivity index (χ1v) is 10.6. The molecule has 2 aromatic carbocycles. The van der Waals surface area contributed by atoms with Gasteiger partial charge in [-0.2, -0.15) is 13.2 Å². The summed E-state index contributed by atoms with van der Waals surface area (Å²) in [5.41, 5.74) is -0.493. The zero-order valence-electron chi connectivity index (χ0n) is 17.3. The third kappa shape index (κ3) is 6.55. The van der Waals surface area contributed by atoms with E-state index in [1.165, 1.54) is 15.9 Å². The Morgan fingerprint density at radius 3 is 2.48 bits per heavy atom. The molecule has 0 atom stereocenters. The summed E-state index contributed by atoms with van der Waals surface area (Å²) >= 11 is 11.4. The molecule has 3 amide bonds. The maximum atomic E-state index is 13.1. The van der Waals surface area contributed by atoms with Crippen molar-refractivity contribution in [2.75, 3.05) is 31.1 Å². The van der Waals surface area contributed by atoms with Crippen LogP contribution in [0.4, 0.5) is 23.7 Å². The number of amides is 3. The summed E-state index contributed by atoms with van der Waals surface area (Å²) in [6.07, 6.45) is -4.34. The summed E-state index contributed by atoms with van der Waals surface area (Å²) in [5, 5.41) is 2.72. The van der Waals surface area contributed by atoms with E-state index in [0.29, 0.717) is 23.0 Å². The molecule has 0 radical (unpaired) electrons. The molecule has 11 heteroatoms. The van der Waals surface area contributed by atoms with E-state index in [1.54, 1.807) is 24.3 Å². The minimum atomic E-state index is -4.62. The van der Waals surface area contributed by atoms with Crippen LogP contribution < -0.4 is 15.0 Å². The second-order valence-corrected chi connectivity index (χ2v) is 8.07. The molecule has 1 aliphatic rings. The first kappa shape index (κ1) is 24.7. The van der Waals surface area contributed by atoms with Gasteiger partial charge in [-0.25, -0.2) is 4.79 Å². The number of urea groups is 1. The largest absolute Gasteiger partial charge is 0.484 e. The number of benzene rings is 2. The normalized spacial score (nSPS) is 13.9. The van der Waals surface area contributed by atoms with Crippen molar-refractivity contribution in [2.45, 2.75) is 12.6 Å². The van der Waals surface area contributed by atoms with Gasteiger partial charge >= 0.3 is 12.2 Å². The SMILES string of the molecule is C=C(CCN1CCN(c2ccc(Cl)c(C(F)(F)F)c2)C1=O)NC(=O)COc1ccc(Cl)cc1. The van der Waals surface area contributed by atoms with Crippen LogP contribution in [0.5, 0.6) is 5.75 Å². The van der Waals surface area contributed by atoms with Crippen molar-refractivity contribution < 1.29 is 27.5 Å². The number of carbonyl (C=O) groups excluding carboxylic acids is 2. The molecule has 2 aromatic rings. The van der Waals surface area contributed by atoms with Gasteiger partial charge in [-0.15, -0.1) is 0 Å². The highest BCUT2D eigenvalue weighted by atomic mass is 35.5. The summed E-state index contributed by atoms with van der Waals surface area (Å²) in [4.78, 5) is 27.4. The molecule has 3 rings (SSSR count). The van der Waals surface area contributed by atoms with Gasteiger partial charge in [0.05, 0.1) is 10.6 Å². The molecular formula is C22H20Cl2F3N3O3. The third-order valence-electron chi connectivity index (χ3n) is 4.85. The monoisotopic (exact) mass is 501 g/mol. The van der Waals surface area contributed by atoms with Gasteiger partial charge < -0.3 is 15.0 Å². The van der Waals surface area contributed by atoms with Gasteiger partial charge in [-0.1, -0.05) is 29.8 Å². The lowest BCUT2D eigenvalue weighted by atomic mass is 10.2. The molecule has 6 nitrogen and oxygen atoms in total. The summed E-state index contributed by atoms with van der Waals surface area (Å²) in [7, 11) is 0. The Morgan fingerprint density at radius 2 is 1.82 bits per heavy atom. The topological polar surface area (TPSA) is 61.9 Å². The smallest absolute Gasteiger partial charge is 0.417 e. The number of nitrogens with zero attached hydrogens (tertiary/aromatic N) is 2. The Hall–Kier alpha value is -2.91. The standard InChI is InChI=1S/C22H20Cl2F3N3O3/c1-14(28-20(31)13-33-17-5-2-15(23)3-6-17)8-9-29-10-11-30(21(29)32)16-4-7-19(24)18(12-16)22(25,26)27/h2-7,12H,1,8-11,13H2,(H,28,31). The molecular weight excluding hydrogens is 482 g/mol. The van der Waals surface area contributed by atoms with Crippen molar-refractivity contribution in [2.24, 2.45) is 0 Å². The Balaban J connectivity index is 1.48. The Kier molecular flexibility index (Phi) is 7.76. The van der Waals surface area contributed by atoms with E-state index in [1.807, 2.05) is 0 Å². The minimum absolute atomic E-state index is 0.116. The highest BCUT2D eigenvalue weighted by molar-refractivity contribution is 6.31. The van der Waals surface area contributed by atoms with Gasteiger partial charge in [-0.05, 0) is 42.5 Å². The molecule has 1 N–H and O–H groups in total. The van der Waals surface area contributed by atoms with Crippen LogP contribution >= 0.6 is 23.2 Å². The number of ether oxygens (including phenoxy) is 1. The van der Waals surface area contributed by atoms with Gasteiger partial charge in [0, 0.05) is 42.5 Å². The molecule has 0 saturated carbocycles. The lowest BCUT2D eigenvalue weighted by Gasteiger charge is -2.20. The van der Waals surface area contributed by atoms with Gasteiger partial charge in [-0.3, -0.25) is 9.69 Å². The molecule has 1 heterocycles. The van der Waals surface area contributed by atoms with Gasteiger partial charge in [0.1, 0.15) is 5.75 Å². The number of halogens is 5. The van der Waals surface area contributed by atoms with Crippen LogP contribution in [0.15, 0.2) is 54.7 Å². The average Bonchev–Trinajstić information content (AvgIpc) is 3.11. The lowest BCUT2D eigenvalue weighted by molar-refractivity contribution is -0.137. The van der Waals surface area contributed by atoms with Crippen molar-refractivity contribution in [1.82, 2.24) is 10.2 Å². The molecule has 1 aliphatic heterocycles. The zero-order chi connectivity index (χ0) is 24.2. The number of carbonyl (C=O) groups is 2. The summed E-state index contributed by atoms with van der Waals surface area (Å²) in [6, 6.07) is 9.47. The molecule has 0 unspecified atom stereocenters. The first-order chi connectivity index (χ1) is 15.5. The van der Waals surface area contributed by atoms with Crippen LogP contribution in [0.25, 0.3) is 0 Å². The molecule has 176 valence electrons. The van der Waals surface area contributed by atoms with E-state index in [4.69, 9.17) is 27.9 Å². The number of alkyl halides is 3. The van der Waals surface area contributed by atoms with Crippen LogP contribution in [0.1, 0.15) is 12.0 Å². The fraction of sp³-hybridized carbons (Fsp3) is 0.273. The molecule has 0 bridgehead atoms. The molecule has 0 spiro atoms. The molecule has 0 aliphatic carbocycles. The van der Waals surface area contributed by atoms with Gasteiger partial charge in [0.2, 0.25) is 0 Å². The van der Waals surface area contributed by atoms with E-state index in [0.717, 1.165) is 12.1 Å². The lowest BCUT2D eigenvalue weighted by Crippen LogP contribution is -2.34. The minimum Gasteiger partial charge on any atom is -0.484 e. The molecule has 0 aromatic heterocycles. The quantitative estimate of drug-likeness (QED) is 0.530. The number of rotatable bonds is 8. The van der Waals surface area contributed by atoms with Crippen LogP contribution in [0.2, 0.25) is 10.0 Å². The number of hydrogen-bond acceptors (Lipinski definition) is 3. The zero-order valence-corrected chi connectivity index (χ0v) is 18.8. The second-order valence-electron chi connectivity index (χ2n) is 7.23. The molecule has 33 heavy (non-hydrogen) atoms. The van der Waals surface area contributed by atoms with Gasteiger partial charge in [0.25, 0.3) is 5.91 Å². The van der Waals surface area contributed by atoms with Gasteiger partial charge in [0.15, 0.2) is 6.61 Å². The summed E-state index contributed by atoms with van der Waals surface area (Å²) in [5.74, 6) is 0.0731. The van der Waals surface area contributed by atoms with E-state index < -0.39 is 28.7 Å². The first-order valence-electron chi connectivity index (χ1n) is 9.84. The van der Waals surface area contributed by atoms with E-state index in [-0.39, 0.29) is 31.8 Å². The fourth-order valence-corrected chi connectivity index (χ4v) is 3.52. The van der Waals surface area contributed by atoms with E-state index in [2.05, 4.69) is 11.9 Å². The highest BCUT2D eigenvalue weighted by Gasteiger charge is 2.35. The van der Waals surface area contributed by atoms with Crippen molar-refractivity contribution >= 4 is 40.8 Å². The van der Waals surface area contributed by atoms with Crippen molar-refractivity contribution in [3.8, 4) is 5.75 Å². The molecule has 1 saturated heterocycles. The average molecular weight is 502 g/mol. The Labute approximate surface area is 198 Å². The summed E-state index contributed by atoms with van der Waals surface area (Å²) < 4.78 is 44.7. The predicted octanol–water partition coefficient (Wildman–Crippen LogP) is 5.35. The summed E-state index contributed by atoms with van der Waals surface area (Å²) in [6.45, 7) is 4.34. The number of hydrogen-bond donors (Lipinski definition) is 1. The number of nitrogens with one attached hydrogen (secondary N) is 1. The van der Waals surface area contributed by atoms with Crippen LogP contribution in [-0.4, -0.2) is 43.1 Å². The predicted molar refractivity (Wildman–Crippen MR) is 120 cm³/mol. The maximum Gasteiger partial charge on any atom is 0.417 e. The van der Waals surface area contributed by atoms with Crippen molar-refractivity contribution in [3.63, 3.8) is 0 Å². The number of anilines is 1.